The Morgan fingerprint density at radius 3 is 2.55 bits per heavy atom. The molecule has 2 aliphatic heterocycles. The lowest BCUT2D eigenvalue weighted by atomic mass is 9.93. The van der Waals surface area contributed by atoms with Gasteiger partial charge in [0.15, 0.2) is 0 Å². The summed E-state index contributed by atoms with van der Waals surface area (Å²) >= 11 is 0. The van der Waals surface area contributed by atoms with Crippen molar-refractivity contribution in [2.24, 2.45) is 0 Å². The molecule has 1 fully saturated rings. The molecule has 5 rings (SSSR count). The number of nitrogens with one attached hydrogen (secondary N) is 2. The summed E-state index contributed by atoms with van der Waals surface area (Å²) < 4.78 is 38.3. The molecule has 3 N–H and O–H groups in total. The largest absolute Gasteiger partial charge is 0.451 e. The number of pyridine rings is 1. The lowest BCUT2D eigenvalue weighted by molar-refractivity contribution is -0.144. The molecule has 1 aromatic carbocycles. The highest BCUT2D eigenvalue weighted by Gasteiger charge is 2.34. The van der Waals surface area contributed by atoms with E-state index in [1.54, 1.807) is 12.3 Å². The minimum Gasteiger partial charge on any atom is -0.393 e. The summed E-state index contributed by atoms with van der Waals surface area (Å²) in [5.41, 5.74) is 4.73. The second kappa shape index (κ2) is 10.5. The van der Waals surface area contributed by atoms with E-state index in [2.05, 4.69) is 36.6 Å². The first-order chi connectivity index (χ1) is 18.2. The monoisotopic (exact) mass is 524 g/mol. The number of rotatable bonds is 5. The highest BCUT2D eigenvalue weighted by molar-refractivity contribution is 6.27. The fraction of sp³-hybridized carbons (Fsp3) is 0.333. The molecule has 8 nitrogen and oxygen atoms in total. The van der Waals surface area contributed by atoms with Gasteiger partial charge in [0.1, 0.15) is 0 Å². The minimum absolute atomic E-state index is 0.0647. The molecule has 2 aliphatic rings. The smallest absolute Gasteiger partial charge is 0.393 e. The van der Waals surface area contributed by atoms with Crippen LogP contribution in [0.1, 0.15) is 36.7 Å². The van der Waals surface area contributed by atoms with Crippen molar-refractivity contribution in [3.63, 3.8) is 0 Å². The Morgan fingerprint density at radius 2 is 1.84 bits per heavy atom. The van der Waals surface area contributed by atoms with Gasteiger partial charge in [0.2, 0.25) is 5.82 Å². The molecule has 38 heavy (non-hydrogen) atoms. The van der Waals surface area contributed by atoms with Crippen LogP contribution in [-0.4, -0.2) is 56.1 Å². The minimum atomic E-state index is -4.66. The number of nitrogens with zero attached hydrogens (tertiary/aromatic N) is 4. The summed E-state index contributed by atoms with van der Waals surface area (Å²) in [5, 5.41) is 15.7. The normalized spacial score (nSPS) is 18.3. The van der Waals surface area contributed by atoms with E-state index in [-0.39, 0.29) is 17.8 Å². The molecule has 0 radical (unpaired) electrons. The van der Waals surface area contributed by atoms with Crippen LogP contribution in [0.15, 0.2) is 55.1 Å². The Kier molecular flexibility index (Phi) is 7.13. The van der Waals surface area contributed by atoms with Gasteiger partial charge < -0.3 is 15.7 Å². The summed E-state index contributed by atoms with van der Waals surface area (Å²) in [4.78, 5) is 26.5. The van der Waals surface area contributed by atoms with Crippen LogP contribution in [0.25, 0.3) is 16.7 Å². The van der Waals surface area contributed by atoms with Crippen LogP contribution in [0.2, 0.25) is 0 Å². The summed E-state index contributed by atoms with van der Waals surface area (Å²) in [6, 6.07) is 7.71. The highest BCUT2D eigenvalue weighted by Crippen LogP contribution is 2.35. The first-order valence-electron chi connectivity index (χ1n) is 12.3. The number of carbonyl (C=O) groups excluding carboxylic acids is 1. The zero-order valence-corrected chi connectivity index (χ0v) is 20.7. The summed E-state index contributed by atoms with van der Waals surface area (Å²) in [5.74, 6) is -1.74. The van der Waals surface area contributed by atoms with Crippen LogP contribution in [-0.2, 0) is 17.5 Å². The van der Waals surface area contributed by atoms with Crippen molar-refractivity contribution in [3.8, 4) is 11.1 Å². The third-order valence-electron chi connectivity index (χ3n) is 6.61. The first kappa shape index (κ1) is 25.8. The maximum Gasteiger partial charge on any atom is 0.451 e. The Balaban J connectivity index is 1.37. The molecule has 1 saturated heterocycles. The molecular weight excluding hydrogens is 497 g/mol. The van der Waals surface area contributed by atoms with Crippen LogP contribution < -0.4 is 10.6 Å². The molecule has 2 aromatic heterocycles. The van der Waals surface area contributed by atoms with Crippen molar-refractivity contribution >= 4 is 22.9 Å². The van der Waals surface area contributed by atoms with Gasteiger partial charge in [-0.15, -0.1) is 0 Å². The third-order valence-corrected chi connectivity index (χ3v) is 6.61. The SMILES string of the molecule is CC1C=C(C(=O)Nc2cnc(C(F)(F)F)nc2)c2cc(-c3cncc(CN4CCC(O)CC4)c3)ccc2N1. The van der Waals surface area contributed by atoms with Crippen molar-refractivity contribution in [2.75, 3.05) is 23.7 Å². The molecule has 0 bridgehead atoms. The standard InChI is InChI=1S/C27H27F3N6O2/c1-16-8-23(25(38)35-20-13-32-26(33-14-20)27(28,29)30)22-10-18(2-3-24(22)34-16)19-9-17(11-31-12-19)15-36-6-4-21(37)5-7-36/h2-3,8-14,16,21,34,37H,4-7,15H2,1H3,(H,35,38). The molecule has 1 amide bonds. The van der Waals surface area contributed by atoms with Crippen molar-refractivity contribution in [3.05, 3.63) is 72.1 Å². The maximum atomic E-state index is 13.2. The van der Waals surface area contributed by atoms with Crippen molar-refractivity contribution in [1.29, 1.82) is 0 Å². The fourth-order valence-electron chi connectivity index (χ4n) is 4.70. The number of alkyl halides is 3. The predicted molar refractivity (Wildman–Crippen MR) is 137 cm³/mol. The van der Waals surface area contributed by atoms with E-state index in [1.165, 1.54) is 0 Å². The summed E-state index contributed by atoms with van der Waals surface area (Å²) in [7, 11) is 0. The van der Waals surface area contributed by atoms with E-state index in [9.17, 15) is 23.1 Å². The molecule has 1 atom stereocenters. The quantitative estimate of drug-likeness (QED) is 0.456. The number of fused-ring (bicyclic) bond motifs is 1. The van der Waals surface area contributed by atoms with Crippen LogP contribution in [0, 0.1) is 0 Å². The number of amides is 1. The Morgan fingerprint density at radius 1 is 1.11 bits per heavy atom. The number of carbonyl (C=O) groups is 1. The number of hydrogen-bond acceptors (Lipinski definition) is 7. The first-order valence-corrected chi connectivity index (χ1v) is 12.3. The van der Waals surface area contributed by atoms with E-state index in [0.29, 0.717) is 11.1 Å². The van der Waals surface area contributed by atoms with E-state index in [0.717, 1.165) is 67.2 Å². The van der Waals surface area contributed by atoms with Crippen LogP contribution >= 0.6 is 0 Å². The number of aliphatic hydroxyl groups is 1. The lowest BCUT2D eigenvalue weighted by Crippen LogP contribution is -2.35. The number of halogens is 3. The van der Waals surface area contributed by atoms with Gasteiger partial charge in [-0.25, -0.2) is 9.97 Å². The van der Waals surface area contributed by atoms with Crippen LogP contribution in [0.4, 0.5) is 24.5 Å². The van der Waals surface area contributed by atoms with Gasteiger partial charge in [0.05, 0.1) is 24.2 Å². The van der Waals surface area contributed by atoms with E-state index in [4.69, 9.17) is 0 Å². The molecule has 0 spiro atoms. The maximum absolute atomic E-state index is 13.2. The summed E-state index contributed by atoms with van der Waals surface area (Å²) in [6.07, 6.45) is 3.90. The molecule has 11 heteroatoms. The van der Waals surface area contributed by atoms with E-state index < -0.39 is 17.9 Å². The molecular formula is C27H27F3N6O2. The zero-order valence-electron chi connectivity index (χ0n) is 20.7. The lowest BCUT2D eigenvalue weighted by Gasteiger charge is -2.29. The average molecular weight is 525 g/mol. The van der Waals surface area contributed by atoms with Crippen molar-refractivity contribution < 1.29 is 23.1 Å². The number of benzene rings is 1. The molecule has 0 saturated carbocycles. The highest BCUT2D eigenvalue weighted by atomic mass is 19.4. The number of aliphatic hydroxyl groups excluding tert-OH is 1. The van der Waals surface area contributed by atoms with E-state index >= 15 is 0 Å². The van der Waals surface area contributed by atoms with Gasteiger partial charge in [0.25, 0.3) is 5.91 Å². The van der Waals surface area contributed by atoms with Gasteiger partial charge in [-0.05, 0) is 55.2 Å². The average Bonchev–Trinajstić information content (AvgIpc) is 2.89. The van der Waals surface area contributed by atoms with Gasteiger partial charge in [0, 0.05) is 60.5 Å². The topological polar surface area (TPSA) is 103 Å². The Labute approximate surface area is 217 Å². The molecule has 3 aromatic rings. The van der Waals surface area contributed by atoms with Gasteiger partial charge in [-0.2, -0.15) is 13.2 Å². The number of likely N-dealkylation sites (tertiary alicyclic amines) is 1. The van der Waals surface area contributed by atoms with Crippen LogP contribution in [0.5, 0.6) is 0 Å². The van der Waals surface area contributed by atoms with Gasteiger partial charge in [-0.1, -0.05) is 6.07 Å². The Hall–Kier alpha value is -3.83. The second-order valence-electron chi connectivity index (χ2n) is 9.61. The Bertz CT molecular complexity index is 1350. The number of anilines is 2. The van der Waals surface area contributed by atoms with Crippen molar-refractivity contribution in [2.45, 2.75) is 44.6 Å². The van der Waals surface area contributed by atoms with Gasteiger partial charge >= 0.3 is 6.18 Å². The molecule has 198 valence electrons. The molecule has 1 unspecified atom stereocenters. The number of aromatic nitrogens is 3. The van der Waals surface area contributed by atoms with Crippen LogP contribution in [0.3, 0.4) is 0 Å². The summed E-state index contributed by atoms with van der Waals surface area (Å²) in [6.45, 7) is 4.31. The zero-order chi connectivity index (χ0) is 26.9. The predicted octanol–water partition coefficient (Wildman–Crippen LogP) is 4.35. The van der Waals surface area contributed by atoms with E-state index in [1.807, 2.05) is 31.3 Å². The third kappa shape index (κ3) is 5.84. The number of piperidine rings is 1. The molecule has 4 heterocycles. The second-order valence-corrected chi connectivity index (χ2v) is 9.61. The fourth-order valence-corrected chi connectivity index (χ4v) is 4.70. The molecule has 0 aliphatic carbocycles. The van der Waals surface area contributed by atoms with Gasteiger partial charge in [-0.3, -0.25) is 14.7 Å². The number of hydrogen-bond donors (Lipinski definition) is 3. The van der Waals surface area contributed by atoms with Crippen molar-refractivity contribution in [1.82, 2.24) is 19.9 Å².